The Hall–Kier alpha value is -0.160. The number of hydrazine groups is 1. The summed E-state index contributed by atoms with van der Waals surface area (Å²) in [6.07, 6.45) is 3.91. The van der Waals surface area contributed by atoms with Gasteiger partial charge in [-0.3, -0.25) is 5.84 Å². The van der Waals surface area contributed by atoms with Gasteiger partial charge in [0.1, 0.15) is 0 Å². The Morgan fingerprint density at radius 2 is 2.30 bits per heavy atom. The zero-order valence-electron chi connectivity index (χ0n) is 6.51. The van der Waals surface area contributed by atoms with Gasteiger partial charge in [0.2, 0.25) is 0 Å². The molecular formula is C6H17N4+. The predicted octanol–water partition coefficient (Wildman–Crippen LogP) is -1.19. The molecule has 1 aliphatic carbocycles. The lowest BCUT2D eigenvalue weighted by Gasteiger charge is -2.36. The molecule has 1 fully saturated rings. The second-order valence-corrected chi connectivity index (χ2v) is 2.89. The molecule has 1 saturated carbocycles. The maximum absolute atomic E-state index is 5.68. The number of hydrogen-bond donors (Lipinski definition) is 3. The van der Waals surface area contributed by atoms with Crippen LogP contribution in [0.5, 0.6) is 0 Å². The van der Waals surface area contributed by atoms with E-state index < -0.39 is 0 Å². The van der Waals surface area contributed by atoms with Crippen LogP contribution in [0.15, 0.2) is 0 Å². The summed E-state index contributed by atoms with van der Waals surface area (Å²) in [4.78, 5) is 0. The van der Waals surface area contributed by atoms with Gasteiger partial charge >= 0.3 is 0 Å². The summed E-state index contributed by atoms with van der Waals surface area (Å²) in [5.41, 5.74) is 8.54. The van der Waals surface area contributed by atoms with Gasteiger partial charge < -0.3 is 5.73 Å². The quantitative estimate of drug-likeness (QED) is 0.345. The molecule has 1 atom stereocenters. The van der Waals surface area contributed by atoms with E-state index in [0.717, 1.165) is 0 Å². The summed E-state index contributed by atoms with van der Waals surface area (Å²) in [5, 5.41) is 2.02. The summed E-state index contributed by atoms with van der Waals surface area (Å²) in [5.74, 6) is 3.61. The fourth-order valence-corrected chi connectivity index (χ4v) is 1.27. The molecule has 6 N–H and O–H groups in total. The lowest BCUT2D eigenvalue weighted by atomic mass is 9.92. The van der Waals surface area contributed by atoms with Crippen LogP contribution >= 0.6 is 0 Å². The summed E-state index contributed by atoms with van der Waals surface area (Å²) < 4.78 is 0. The second kappa shape index (κ2) is 3.30. The monoisotopic (exact) mass is 145 g/mol. The maximum Gasteiger partial charge on any atom is 0.0730 e. The van der Waals surface area contributed by atoms with E-state index in [4.69, 9.17) is 5.73 Å². The van der Waals surface area contributed by atoms with Gasteiger partial charge in [-0.05, 0) is 19.8 Å². The highest BCUT2D eigenvalue weighted by Crippen LogP contribution is 2.23. The lowest BCUT2D eigenvalue weighted by Crippen LogP contribution is -2.76. The van der Waals surface area contributed by atoms with Gasteiger partial charge in [0.25, 0.3) is 0 Å². The average Bonchev–Trinajstić information content (AvgIpc) is 1.76. The first-order chi connectivity index (χ1) is 4.75. The molecule has 0 heterocycles. The molecule has 1 rings (SSSR count). The van der Waals surface area contributed by atoms with Crippen molar-refractivity contribution in [2.45, 2.75) is 38.4 Å². The maximum atomic E-state index is 5.68. The van der Waals surface area contributed by atoms with Gasteiger partial charge in [-0.25, -0.2) is 0 Å². The molecule has 0 saturated heterocycles. The highest BCUT2D eigenvalue weighted by molar-refractivity contribution is 4.77. The Kier molecular flexibility index (Phi) is 2.62. The number of quaternary nitrogens is 1. The van der Waals surface area contributed by atoms with Crippen LogP contribution in [0.25, 0.3) is 0 Å². The standard InChI is InChI=1S/C6H16N4/c1-5(7)10(9-8)6-3-2-4-6/h5-6,9H,2-4,7-8H2,1H3/p+1. The van der Waals surface area contributed by atoms with E-state index in [1.165, 1.54) is 19.3 Å². The molecule has 0 bridgehead atoms. The number of nitrogens with zero attached hydrogens (tertiary/aromatic N) is 1. The summed E-state index contributed by atoms with van der Waals surface area (Å²) in [6.45, 7) is 1.97. The third kappa shape index (κ3) is 1.46. The van der Waals surface area contributed by atoms with Crippen molar-refractivity contribution in [3.8, 4) is 0 Å². The van der Waals surface area contributed by atoms with Crippen LogP contribution in [0.1, 0.15) is 26.2 Å². The molecule has 1 aliphatic rings. The molecule has 0 aromatic carbocycles. The van der Waals surface area contributed by atoms with Crippen molar-refractivity contribution in [1.29, 1.82) is 0 Å². The molecule has 0 radical (unpaired) electrons. The highest BCUT2D eigenvalue weighted by Gasteiger charge is 2.27. The molecule has 1 unspecified atom stereocenters. The molecule has 0 spiro atoms. The van der Waals surface area contributed by atoms with Crippen LogP contribution < -0.4 is 17.1 Å². The number of hydrogen-bond acceptors (Lipinski definition) is 3. The molecule has 60 valence electrons. The number of nitrogens with one attached hydrogen (secondary N) is 1. The van der Waals surface area contributed by atoms with Gasteiger partial charge in [0, 0.05) is 6.04 Å². The van der Waals surface area contributed by atoms with E-state index >= 15 is 0 Å². The zero-order chi connectivity index (χ0) is 7.56. The third-order valence-corrected chi connectivity index (χ3v) is 2.09. The SMILES string of the molecule is CC(N)N(N[NH3+])C1CCC1. The third-order valence-electron chi connectivity index (χ3n) is 2.09. The van der Waals surface area contributed by atoms with E-state index in [2.05, 4.69) is 11.4 Å². The Labute approximate surface area is 61.5 Å². The second-order valence-electron chi connectivity index (χ2n) is 2.89. The van der Waals surface area contributed by atoms with E-state index in [1.807, 2.05) is 11.9 Å². The van der Waals surface area contributed by atoms with Crippen LogP contribution in [0.2, 0.25) is 0 Å². The largest absolute Gasteiger partial charge is 0.315 e. The molecule has 0 aliphatic heterocycles. The van der Waals surface area contributed by atoms with Crippen LogP contribution in [0.4, 0.5) is 0 Å². The Morgan fingerprint density at radius 1 is 1.70 bits per heavy atom. The van der Waals surface area contributed by atoms with E-state index in [-0.39, 0.29) is 6.17 Å². The minimum absolute atomic E-state index is 0.0720. The fourth-order valence-electron chi connectivity index (χ4n) is 1.27. The number of rotatable bonds is 3. The van der Waals surface area contributed by atoms with Crippen LogP contribution in [-0.2, 0) is 0 Å². The minimum atomic E-state index is 0.0720. The van der Waals surface area contributed by atoms with Crippen molar-refractivity contribution in [2.24, 2.45) is 5.73 Å². The first kappa shape index (κ1) is 7.94. The molecule has 10 heavy (non-hydrogen) atoms. The van der Waals surface area contributed by atoms with Crippen molar-refractivity contribution in [1.82, 2.24) is 10.5 Å². The Balaban J connectivity index is 2.31. The van der Waals surface area contributed by atoms with Crippen molar-refractivity contribution >= 4 is 0 Å². The topological polar surface area (TPSA) is 68.9 Å². The first-order valence-electron chi connectivity index (χ1n) is 3.82. The number of nitrogens with two attached hydrogens (primary N) is 1. The molecule has 4 nitrogen and oxygen atoms in total. The summed E-state index contributed by atoms with van der Waals surface area (Å²) >= 11 is 0. The summed E-state index contributed by atoms with van der Waals surface area (Å²) in [6, 6.07) is 0.623. The normalized spacial score (nSPS) is 22.8. The van der Waals surface area contributed by atoms with Crippen LogP contribution in [0.3, 0.4) is 0 Å². The lowest BCUT2D eigenvalue weighted by molar-refractivity contribution is -0.497. The van der Waals surface area contributed by atoms with E-state index in [9.17, 15) is 0 Å². The van der Waals surface area contributed by atoms with Crippen LogP contribution in [-0.4, -0.2) is 17.2 Å². The van der Waals surface area contributed by atoms with E-state index in [0.29, 0.717) is 6.04 Å². The van der Waals surface area contributed by atoms with Crippen molar-refractivity contribution in [3.63, 3.8) is 0 Å². The van der Waals surface area contributed by atoms with E-state index in [1.54, 1.807) is 0 Å². The van der Waals surface area contributed by atoms with Gasteiger partial charge in [-0.2, -0.15) is 5.01 Å². The smallest absolute Gasteiger partial charge is 0.0730 e. The Morgan fingerprint density at radius 3 is 2.40 bits per heavy atom. The average molecular weight is 145 g/mol. The molecular weight excluding hydrogens is 128 g/mol. The molecule has 0 aromatic heterocycles. The molecule has 0 amide bonds. The molecule has 0 aromatic rings. The Bertz CT molecular complexity index is 99.9. The van der Waals surface area contributed by atoms with Crippen molar-refractivity contribution in [3.05, 3.63) is 0 Å². The first-order valence-corrected chi connectivity index (χ1v) is 3.82. The predicted molar refractivity (Wildman–Crippen MR) is 39.2 cm³/mol. The van der Waals surface area contributed by atoms with Crippen LogP contribution in [0, 0.1) is 0 Å². The fraction of sp³-hybridized carbons (Fsp3) is 1.00. The minimum Gasteiger partial charge on any atom is -0.315 e. The van der Waals surface area contributed by atoms with Gasteiger partial charge in [0.15, 0.2) is 0 Å². The van der Waals surface area contributed by atoms with Gasteiger partial charge in [0.05, 0.1) is 6.17 Å². The summed E-state index contributed by atoms with van der Waals surface area (Å²) in [7, 11) is 0. The zero-order valence-corrected chi connectivity index (χ0v) is 6.51. The van der Waals surface area contributed by atoms with Gasteiger partial charge in [-0.1, -0.05) is 12.0 Å². The van der Waals surface area contributed by atoms with Crippen molar-refractivity contribution < 1.29 is 5.84 Å². The highest BCUT2D eigenvalue weighted by atomic mass is 15.7. The molecule has 4 heteroatoms. The van der Waals surface area contributed by atoms with Crippen molar-refractivity contribution in [2.75, 3.05) is 0 Å². The van der Waals surface area contributed by atoms with Gasteiger partial charge in [-0.15, -0.1) is 0 Å².